The number of ether oxygens (including phenoxy) is 3. The third kappa shape index (κ3) is 4.70. The minimum Gasteiger partial charge on any atom is -0.497 e. The third-order valence-corrected chi connectivity index (χ3v) is 4.39. The van der Waals surface area contributed by atoms with Gasteiger partial charge >= 0.3 is 0 Å². The van der Waals surface area contributed by atoms with Crippen LogP contribution < -0.4 is 24.8 Å². The summed E-state index contributed by atoms with van der Waals surface area (Å²) in [5, 5.41) is 5.60. The molecule has 0 aliphatic rings. The monoisotopic (exact) mass is 406 g/mol. The number of nitrogens with one attached hydrogen (secondary N) is 2. The van der Waals surface area contributed by atoms with Crippen LogP contribution in [-0.2, 0) is 0 Å². The van der Waals surface area contributed by atoms with Crippen molar-refractivity contribution < 1.29 is 23.8 Å². The van der Waals surface area contributed by atoms with E-state index < -0.39 is 5.91 Å². The zero-order valence-electron chi connectivity index (χ0n) is 16.9. The van der Waals surface area contributed by atoms with Crippen LogP contribution in [0.4, 0.5) is 11.4 Å². The molecule has 0 aliphatic carbocycles. The lowest BCUT2D eigenvalue weighted by Crippen LogP contribution is -2.18. The SMILES string of the molecule is COc1cc(OC)cc(C(=O)Nc2ccccc2C(=O)Nc2ccccc2OC)c1. The highest BCUT2D eigenvalue weighted by Gasteiger charge is 2.16. The Labute approximate surface area is 174 Å². The van der Waals surface area contributed by atoms with Gasteiger partial charge < -0.3 is 24.8 Å². The van der Waals surface area contributed by atoms with Gasteiger partial charge in [-0.3, -0.25) is 9.59 Å². The van der Waals surface area contributed by atoms with E-state index in [9.17, 15) is 9.59 Å². The average molecular weight is 406 g/mol. The van der Waals surface area contributed by atoms with Crippen molar-refractivity contribution in [2.75, 3.05) is 32.0 Å². The standard InChI is InChI=1S/C23H22N2O5/c1-28-16-12-15(13-17(14-16)29-2)22(26)24-19-9-5-4-8-18(19)23(27)25-20-10-6-7-11-21(20)30-3/h4-14H,1-3H3,(H,24,26)(H,25,27). The summed E-state index contributed by atoms with van der Waals surface area (Å²) in [6.45, 7) is 0. The highest BCUT2D eigenvalue weighted by molar-refractivity contribution is 6.13. The zero-order chi connectivity index (χ0) is 21.5. The first-order chi connectivity index (χ1) is 14.5. The zero-order valence-corrected chi connectivity index (χ0v) is 16.9. The highest BCUT2D eigenvalue weighted by atomic mass is 16.5. The minimum absolute atomic E-state index is 0.312. The first kappa shape index (κ1) is 20.7. The first-order valence-electron chi connectivity index (χ1n) is 9.13. The molecule has 0 fully saturated rings. The van der Waals surface area contributed by atoms with Gasteiger partial charge in [-0.2, -0.15) is 0 Å². The van der Waals surface area contributed by atoms with Crippen molar-refractivity contribution in [1.29, 1.82) is 0 Å². The van der Waals surface area contributed by atoms with Crippen molar-refractivity contribution in [1.82, 2.24) is 0 Å². The number of carbonyl (C=O) groups is 2. The molecule has 0 aromatic heterocycles. The maximum atomic E-state index is 12.9. The van der Waals surface area contributed by atoms with Crippen LogP contribution in [0.1, 0.15) is 20.7 Å². The van der Waals surface area contributed by atoms with Crippen LogP contribution in [0.2, 0.25) is 0 Å². The van der Waals surface area contributed by atoms with Crippen molar-refractivity contribution in [3.8, 4) is 17.2 Å². The Balaban J connectivity index is 1.85. The molecule has 0 unspecified atom stereocenters. The Morgan fingerprint density at radius 2 is 1.23 bits per heavy atom. The number of anilines is 2. The van der Waals surface area contributed by atoms with E-state index in [1.54, 1.807) is 60.7 Å². The number of para-hydroxylation sites is 3. The van der Waals surface area contributed by atoms with Gasteiger partial charge in [-0.25, -0.2) is 0 Å². The van der Waals surface area contributed by atoms with Gasteiger partial charge in [0.25, 0.3) is 11.8 Å². The fourth-order valence-corrected chi connectivity index (χ4v) is 2.86. The Kier molecular flexibility index (Phi) is 6.54. The maximum absolute atomic E-state index is 12.9. The van der Waals surface area contributed by atoms with Crippen LogP contribution in [0.15, 0.2) is 66.7 Å². The summed E-state index contributed by atoms with van der Waals surface area (Å²) in [5.74, 6) is 0.739. The molecule has 30 heavy (non-hydrogen) atoms. The Morgan fingerprint density at radius 1 is 0.667 bits per heavy atom. The van der Waals surface area contributed by atoms with Crippen LogP contribution in [0.3, 0.4) is 0 Å². The second kappa shape index (κ2) is 9.47. The van der Waals surface area contributed by atoms with Crippen molar-refractivity contribution >= 4 is 23.2 Å². The number of rotatable bonds is 7. The van der Waals surface area contributed by atoms with E-state index in [1.807, 2.05) is 6.07 Å². The van der Waals surface area contributed by atoms with E-state index >= 15 is 0 Å². The lowest BCUT2D eigenvalue weighted by atomic mass is 10.1. The van der Waals surface area contributed by atoms with Crippen LogP contribution in [-0.4, -0.2) is 33.1 Å². The molecule has 3 aromatic carbocycles. The number of hydrogen-bond donors (Lipinski definition) is 2. The molecule has 3 aromatic rings. The van der Waals surface area contributed by atoms with Crippen molar-refractivity contribution in [3.05, 3.63) is 77.9 Å². The molecular weight excluding hydrogens is 384 g/mol. The topological polar surface area (TPSA) is 85.9 Å². The largest absolute Gasteiger partial charge is 0.497 e. The highest BCUT2D eigenvalue weighted by Crippen LogP contribution is 2.26. The fourth-order valence-electron chi connectivity index (χ4n) is 2.86. The van der Waals surface area contributed by atoms with E-state index in [2.05, 4.69) is 10.6 Å². The molecule has 0 aliphatic heterocycles. The van der Waals surface area contributed by atoms with Gasteiger partial charge in [-0.1, -0.05) is 24.3 Å². The van der Waals surface area contributed by atoms with Gasteiger partial charge in [0, 0.05) is 11.6 Å². The molecule has 2 amide bonds. The molecule has 2 N–H and O–H groups in total. The van der Waals surface area contributed by atoms with Gasteiger partial charge in [0.05, 0.1) is 38.3 Å². The first-order valence-corrected chi connectivity index (χ1v) is 9.13. The number of amides is 2. The summed E-state index contributed by atoms with van der Waals surface area (Å²) in [5.41, 5.74) is 1.55. The molecule has 3 rings (SSSR count). The van der Waals surface area contributed by atoms with Gasteiger partial charge in [0.15, 0.2) is 0 Å². The Bertz CT molecular complexity index is 1040. The summed E-state index contributed by atoms with van der Waals surface area (Å²) < 4.78 is 15.7. The molecule has 0 radical (unpaired) electrons. The lowest BCUT2D eigenvalue weighted by molar-refractivity contribution is 0.102. The number of carbonyl (C=O) groups excluding carboxylic acids is 2. The normalized spacial score (nSPS) is 10.1. The predicted molar refractivity (Wildman–Crippen MR) is 115 cm³/mol. The summed E-state index contributed by atoms with van der Waals surface area (Å²) in [6.07, 6.45) is 0. The smallest absolute Gasteiger partial charge is 0.257 e. The molecule has 154 valence electrons. The van der Waals surface area contributed by atoms with E-state index in [1.165, 1.54) is 21.3 Å². The van der Waals surface area contributed by atoms with E-state index in [0.717, 1.165) is 0 Å². The molecular formula is C23H22N2O5. The fraction of sp³-hybridized carbons (Fsp3) is 0.130. The van der Waals surface area contributed by atoms with Gasteiger partial charge in [-0.15, -0.1) is 0 Å². The van der Waals surface area contributed by atoms with Crippen LogP contribution >= 0.6 is 0 Å². The van der Waals surface area contributed by atoms with Crippen LogP contribution in [0.5, 0.6) is 17.2 Å². The summed E-state index contributed by atoms with van der Waals surface area (Å²) in [7, 11) is 4.55. The summed E-state index contributed by atoms with van der Waals surface area (Å²) >= 11 is 0. The van der Waals surface area contributed by atoms with Gasteiger partial charge in [0.2, 0.25) is 0 Å². The molecule has 0 saturated carbocycles. The molecule has 7 heteroatoms. The molecule has 0 atom stereocenters. The second-order valence-electron chi connectivity index (χ2n) is 6.26. The number of benzene rings is 3. The maximum Gasteiger partial charge on any atom is 0.257 e. The van der Waals surface area contributed by atoms with Crippen molar-refractivity contribution in [3.63, 3.8) is 0 Å². The van der Waals surface area contributed by atoms with Gasteiger partial charge in [0.1, 0.15) is 17.2 Å². The summed E-state index contributed by atoms with van der Waals surface area (Å²) in [6, 6.07) is 18.7. The Morgan fingerprint density at radius 3 is 1.87 bits per heavy atom. The van der Waals surface area contributed by atoms with E-state index in [-0.39, 0.29) is 5.91 Å². The van der Waals surface area contributed by atoms with Crippen LogP contribution in [0, 0.1) is 0 Å². The van der Waals surface area contributed by atoms with Crippen molar-refractivity contribution in [2.45, 2.75) is 0 Å². The quantitative estimate of drug-likeness (QED) is 0.614. The molecule has 0 bridgehead atoms. The van der Waals surface area contributed by atoms with E-state index in [4.69, 9.17) is 14.2 Å². The van der Waals surface area contributed by atoms with Crippen molar-refractivity contribution in [2.24, 2.45) is 0 Å². The summed E-state index contributed by atoms with van der Waals surface area (Å²) in [4.78, 5) is 25.7. The number of hydrogen-bond acceptors (Lipinski definition) is 5. The van der Waals surface area contributed by atoms with Gasteiger partial charge in [-0.05, 0) is 36.4 Å². The number of methoxy groups -OCH3 is 3. The average Bonchev–Trinajstić information content (AvgIpc) is 2.79. The molecule has 0 saturated heterocycles. The Hall–Kier alpha value is -4.00. The molecule has 7 nitrogen and oxygen atoms in total. The predicted octanol–water partition coefficient (Wildman–Crippen LogP) is 4.22. The lowest BCUT2D eigenvalue weighted by Gasteiger charge is -2.14. The minimum atomic E-state index is -0.398. The van der Waals surface area contributed by atoms with E-state index in [0.29, 0.717) is 39.8 Å². The molecule has 0 spiro atoms. The van der Waals surface area contributed by atoms with Crippen LogP contribution in [0.25, 0.3) is 0 Å². The second-order valence-corrected chi connectivity index (χ2v) is 6.26. The molecule has 0 heterocycles. The third-order valence-electron chi connectivity index (χ3n) is 4.39.